The fourth-order valence-corrected chi connectivity index (χ4v) is 14.5. The Morgan fingerprint density at radius 2 is 1.18 bits per heavy atom. The predicted molar refractivity (Wildman–Crippen MR) is 161 cm³/mol. The molecule has 6 heteroatoms. The molecule has 0 fully saturated rings. The van der Waals surface area contributed by atoms with Crippen LogP contribution in [-0.4, -0.2) is 29.1 Å². The molecule has 0 aliphatic carbocycles. The summed E-state index contributed by atoms with van der Waals surface area (Å²) < 4.78 is 5.43. The Morgan fingerprint density at radius 3 is 1.63 bits per heavy atom. The van der Waals surface area contributed by atoms with Crippen LogP contribution >= 0.6 is 20.8 Å². The molecule has 1 N–H and O–H groups in total. The van der Waals surface area contributed by atoms with Gasteiger partial charge in [0.25, 0.3) is 0 Å². The molecule has 1 atom stereocenters. The Hall–Kier alpha value is -3.27. The van der Waals surface area contributed by atoms with Gasteiger partial charge < -0.3 is 0 Å². The van der Waals surface area contributed by atoms with Crippen molar-refractivity contribution in [3.63, 3.8) is 0 Å². The number of hydrogen-bond donors (Lipinski definition) is 1. The van der Waals surface area contributed by atoms with Gasteiger partial charge in [0.2, 0.25) is 0 Å². The molecule has 1 unspecified atom stereocenters. The second-order valence-corrected chi connectivity index (χ2v) is 18.1. The Morgan fingerprint density at radius 1 is 0.737 bits per heavy atom. The predicted octanol–water partition coefficient (Wildman–Crippen LogP) is 6.52. The van der Waals surface area contributed by atoms with Gasteiger partial charge in [-0.25, -0.2) is 0 Å². The van der Waals surface area contributed by atoms with Crippen molar-refractivity contribution in [1.29, 1.82) is 0 Å². The fraction of sp³-hybridized carbons (Fsp3) is 0.188. The van der Waals surface area contributed by atoms with Gasteiger partial charge in [0.1, 0.15) is 0 Å². The van der Waals surface area contributed by atoms with Crippen molar-refractivity contribution in [3.05, 3.63) is 121 Å². The quantitative estimate of drug-likeness (QED) is 0.123. The number of ketones is 1. The summed E-state index contributed by atoms with van der Waals surface area (Å²) in [6.07, 6.45) is 1.90. The van der Waals surface area contributed by atoms with Gasteiger partial charge in [-0.15, -0.1) is 0 Å². The van der Waals surface area contributed by atoms with Crippen molar-refractivity contribution in [2.24, 2.45) is 0 Å². The molecule has 0 aromatic heterocycles. The van der Waals surface area contributed by atoms with Crippen LogP contribution in [0.15, 0.2) is 115 Å². The average molecular weight is 591 g/mol. The number of benzene rings is 4. The fourth-order valence-electron chi connectivity index (χ4n) is 5.26. The summed E-state index contributed by atoms with van der Waals surface area (Å²) in [6.45, 7) is 1.89. The van der Waals surface area contributed by atoms with Crippen LogP contribution in [0.1, 0.15) is 36.5 Å². The molecule has 4 aromatic carbocycles. The summed E-state index contributed by atoms with van der Waals surface area (Å²) in [5.74, 6) is -0.536. The van der Waals surface area contributed by atoms with Gasteiger partial charge in [0, 0.05) is 0 Å². The van der Waals surface area contributed by atoms with Crippen molar-refractivity contribution in [3.8, 4) is 5.75 Å². The minimum absolute atomic E-state index is 0.0978. The van der Waals surface area contributed by atoms with Crippen LogP contribution < -0.4 is 15.9 Å². The van der Waals surface area contributed by atoms with Crippen molar-refractivity contribution in [2.75, 3.05) is 6.61 Å². The average Bonchev–Trinajstić information content (AvgIpc) is 2.96. The molecule has 0 bridgehead atoms. The number of hydrogen-bond acceptors (Lipinski definition) is 4. The molecule has 0 saturated carbocycles. The summed E-state index contributed by atoms with van der Waals surface area (Å²) in [7, 11) is 0. The number of phenolic OH excluding ortho intramolecular Hbond substituents is 1. The monoisotopic (exact) mass is 590 g/mol. The van der Waals surface area contributed by atoms with Gasteiger partial charge in [-0.3, -0.25) is 0 Å². The number of unbranched alkanes of at least 4 members (excludes halogenated alkanes) is 1. The number of carbonyl (C=O) groups excluding carboxylic acids is 2. The van der Waals surface area contributed by atoms with E-state index in [-0.39, 0.29) is 29.4 Å². The summed E-state index contributed by atoms with van der Waals surface area (Å²) >= 11 is 4.41. The first-order valence-corrected chi connectivity index (χ1v) is 17.1. The van der Waals surface area contributed by atoms with Gasteiger partial charge in [-0.05, 0) is 0 Å². The number of carbonyl (C=O) groups is 2. The van der Waals surface area contributed by atoms with Gasteiger partial charge in [0.15, 0.2) is 0 Å². The van der Waals surface area contributed by atoms with E-state index in [0.717, 1.165) is 15.9 Å². The number of esters is 1. The molecular formula is C32H32BrO4P. The van der Waals surface area contributed by atoms with Crippen LogP contribution in [0.5, 0.6) is 5.75 Å². The number of ether oxygens (including phenoxy) is 1. The van der Waals surface area contributed by atoms with Crippen molar-refractivity contribution in [2.45, 2.75) is 31.8 Å². The molecule has 0 radical (unpaired) electrons. The summed E-state index contributed by atoms with van der Waals surface area (Å²) in [5.41, 5.74) is -0.182. The number of halogens is 1. The molecule has 0 aliphatic heterocycles. The molecule has 196 valence electrons. The van der Waals surface area contributed by atoms with Crippen LogP contribution in [0.4, 0.5) is 0 Å². The Labute approximate surface area is 232 Å². The van der Waals surface area contributed by atoms with Crippen LogP contribution in [0, 0.1) is 0 Å². The summed E-state index contributed by atoms with van der Waals surface area (Å²) in [4.78, 5) is 26.0. The molecule has 0 aliphatic rings. The topological polar surface area (TPSA) is 63.6 Å². The maximum absolute atomic E-state index is 13.6. The number of rotatable bonds is 11. The molecule has 0 amide bonds. The van der Waals surface area contributed by atoms with Crippen molar-refractivity contribution < 1.29 is 19.4 Å². The van der Waals surface area contributed by atoms with Gasteiger partial charge in [0.05, 0.1) is 0 Å². The SMILES string of the molecule is CC(=O)C(CCCCOC(=O)c1ccccc1O)P(Br)(c1ccccc1)(c1ccccc1)c1ccccc1. The first kappa shape index (κ1) is 27.8. The Balaban J connectivity index is 1.68. The van der Waals surface area contributed by atoms with Gasteiger partial charge >= 0.3 is 233 Å². The zero-order valence-corrected chi connectivity index (χ0v) is 23.9. The third-order valence-corrected chi connectivity index (χ3v) is 18.0. The zero-order chi connectivity index (χ0) is 27.0. The molecular weight excluding hydrogens is 559 g/mol. The van der Waals surface area contributed by atoms with Crippen LogP contribution in [-0.2, 0) is 9.53 Å². The Kier molecular flexibility index (Phi) is 8.81. The van der Waals surface area contributed by atoms with E-state index < -0.39 is 11.3 Å². The molecule has 4 aromatic rings. The molecule has 0 heterocycles. The first-order chi connectivity index (χ1) is 18.4. The maximum atomic E-state index is 13.6. The number of phenols is 1. The van der Waals surface area contributed by atoms with Gasteiger partial charge in [-0.2, -0.15) is 0 Å². The minimum atomic E-state index is -3.46. The van der Waals surface area contributed by atoms with Crippen molar-refractivity contribution in [1.82, 2.24) is 0 Å². The summed E-state index contributed by atoms with van der Waals surface area (Å²) in [5, 5.41) is 9.76. The van der Waals surface area contributed by atoms with E-state index in [4.69, 9.17) is 4.74 Å². The second kappa shape index (κ2) is 12.1. The van der Waals surface area contributed by atoms with E-state index in [1.807, 2.05) is 54.6 Å². The van der Waals surface area contributed by atoms with E-state index in [2.05, 4.69) is 51.9 Å². The molecule has 4 rings (SSSR count). The van der Waals surface area contributed by atoms with Crippen LogP contribution in [0.2, 0.25) is 0 Å². The number of para-hydroxylation sites is 1. The van der Waals surface area contributed by atoms with E-state index in [9.17, 15) is 14.7 Å². The number of aromatic hydroxyl groups is 1. The molecule has 0 spiro atoms. The van der Waals surface area contributed by atoms with E-state index in [1.54, 1.807) is 19.1 Å². The van der Waals surface area contributed by atoms with E-state index in [0.29, 0.717) is 19.3 Å². The Bertz CT molecular complexity index is 1280. The number of Topliss-reactive ketones (excluding diaryl/α,β-unsaturated/α-hetero) is 1. The van der Waals surface area contributed by atoms with E-state index in [1.165, 1.54) is 12.1 Å². The van der Waals surface area contributed by atoms with Crippen LogP contribution in [0.25, 0.3) is 0 Å². The van der Waals surface area contributed by atoms with Gasteiger partial charge in [-0.1, -0.05) is 0 Å². The third-order valence-electron chi connectivity index (χ3n) is 7.07. The summed E-state index contributed by atoms with van der Waals surface area (Å²) in [6, 6.07) is 37.2. The third kappa shape index (κ3) is 5.18. The molecule has 38 heavy (non-hydrogen) atoms. The first-order valence-electron chi connectivity index (χ1n) is 12.7. The van der Waals surface area contributed by atoms with Crippen molar-refractivity contribution >= 4 is 48.5 Å². The molecule has 0 saturated heterocycles. The normalized spacial score (nSPS) is 13.2. The second-order valence-electron chi connectivity index (χ2n) is 9.36. The van der Waals surface area contributed by atoms with E-state index >= 15 is 0 Å². The molecule has 4 nitrogen and oxygen atoms in total. The standard InChI is InChI=1S/C32H32BrO4P/c1-25(34)31(23-13-14-24-37-32(36)29-21-11-12-22-30(29)35)38(33,26-15-5-2-6-16-26,27-17-7-3-8-18-27)28-19-9-4-10-20-28/h2-12,15-22,31,35H,13-14,23-24H2,1H3. The van der Waals surface area contributed by atoms with Crippen LogP contribution in [0.3, 0.4) is 0 Å². The zero-order valence-electron chi connectivity index (χ0n) is 21.4.